The number of alkyl halides is 1. The van der Waals surface area contributed by atoms with E-state index in [-0.39, 0.29) is 20.1 Å². The summed E-state index contributed by atoms with van der Waals surface area (Å²) >= 11 is 6.24. The van der Waals surface area contributed by atoms with Crippen molar-refractivity contribution in [1.29, 1.82) is 0 Å². The molecule has 4 rings (SSSR count). The smallest absolute Gasteiger partial charge is 0.410 e. The summed E-state index contributed by atoms with van der Waals surface area (Å²) in [6.07, 6.45) is 1.07. The van der Waals surface area contributed by atoms with Gasteiger partial charge in [-0.05, 0) is 68.4 Å². The number of fused-ring (bicyclic) bond motifs is 3. The van der Waals surface area contributed by atoms with Gasteiger partial charge in [-0.25, -0.2) is 9.18 Å². The standard InChI is InChI=1S/C25H29ClFN3O3.CH4/c1-29(2)12-3-14-32-19-7-4-17(5-8-19)24-23-20(10-13-30(24)25(31)33-15-11-27)21-16-18(26)6-9-22(21)28-23;/h4-9,16,24,28H,3,10-15H2,1-2H3;1H4. The topological polar surface area (TPSA) is 57.8 Å². The molecule has 184 valence electrons. The van der Waals surface area contributed by atoms with Gasteiger partial charge in [0.1, 0.15) is 25.1 Å². The molecule has 2 heterocycles. The molecule has 2 aromatic carbocycles. The lowest BCUT2D eigenvalue weighted by Gasteiger charge is -2.35. The molecule has 6 nitrogen and oxygen atoms in total. The van der Waals surface area contributed by atoms with Gasteiger partial charge in [-0.15, -0.1) is 0 Å². The zero-order valence-corrected chi connectivity index (χ0v) is 19.7. The van der Waals surface area contributed by atoms with Gasteiger partial charge in [-0.2, -0.15) is 0 Å². The number of hydrogen-bond donors (Lipinski definition) is 1. The fraction of sp³-hybridized carbons (Fsp3) is 0.423. The third kappa shape index (κ3) is 5.65. The average Bonchev–Trinajstić information content (AvgIpc) is 3.18. The van der Waals surface area contributed by atoms with Crippen molar-refractivity contribution in [2.45, 2.75) is 26.3 Å². The summed E-state index contributed by atoms with van der Waals surface area (Å²) in [7, 11) is 4.07. The van der Waals surface area contributed by atoms with E-state index in [0.717, 1.165) is 46.4 Å². The van der Waals surface area contributed by atoms with E-state index in [1.807, 2.05) is 56.6 Å². The van der Waals surface area contributed by atoms with Crippen LogP contribution in [0.5, 0.6) is 5.75 Å². The molecule has 1 aromatic heterocycles. The highest BCUT2D eigenvalue weighted by Crippen LogP contribution is 2.39. The summed E-state index contributed by atoms with van der Waals surface area (Å²) in [5.41, 5.74) is 3.95. The first-order chi connectivity index (χ1) is 16.0. The summed E-state index contributed by atoms with van der Waals surface area (Å²) in [6, 6.07) is 13.1. The van der Waals surface area contributed by atoms with Crippen LogP contribution in [0.25, 0.3) is 10.9 Å². The number of aromatic amines is 1. The number of nitrogens with one attached hydrogen (secondary N) is 1. The minimum atomic E-state index is -0.708. The highest BCUT2D eigenvalue weighted by molar-refractivity contribution is 6.31. The van der Waals surface area contributed by atoms with Crippen molar-refractivity contribution in [3.8, 4) is 5.75 Å². The van der Waals surface area contributed by atoms with Crippen molar-refractivity contribution in [1.82, 2.24) is 14.8 Å². The lowest BCUT2D eigenvalue weighted by Crippen LogP contribution is -2.41. The van der Waals surface area contributed by atoms with Crippen LogP contribution >= 0.6 is 11.6 Å². The molecule has 1 aliphatic rings. The predicted molar refractivity (Wildman–Crippen MR) is 135 cm³/mol. The summed E-state index contributed by atoms with van der Waals surface area (Å²) in [5, 5.41) is 1.72. The van der Waals surface area contributed by atoms with Crippen LogP contribution in [0.2, 0.25) is 5.02 Å². The van der Waals surface area contributed by atoms with Crippen LogP contribution in [0.15, 0.2) is 42.5 Å². The molecule has 0 radical (unpaired) electrons. The van der Waals surface area contributed by atoms with Crippen molar-refractivity contribution in [2.24, 2.45) is 0 Å². The average molecular weight is 490 g/mol. The van der Waals surface area contributed by atoms with Gasteiger partial charge in [0.25, 0.3) is 0 Å². The first-order valence-corrected chi connectivity index (χ1v) is 11.5. The molecule has 1 unspecified atom stereocenters. The molecule has 1 atom stereocenters. The third-order valence-electron chi connectivity index (χ3n) is 5.84. The van der Waals surface area contributed by atoms with Crippen LogP contribution in [-0.2, 0) is 11.2 Å². The number of halogens is 2. The summed E-state index contributed by atoms with van der Waals surface area (Å²) in [4.78, 5) is 20.0. The quantitative estimate of drug-likeness (QED) is 0.404. The molecule has 0 saturated carbocycles. The van der Waals surface area contributed by atoms with Crippen LogP contribution in [0.4, 0.5) is 9.18 Å². The van der Waals surface area contributed by atoms with Crippen LogP contribution in [0, 0.1) is 0 Å². The SMILES string of the molecule is C.CN(C)CCCOc1ccc(C2c3[nH]c4ccc(Cl)cc4c3CCN2C(=O)OCCF)cc1. The Bertz CT molecular complexity index is 1100. The van der Waals surface area contributed by atoms with Gasteiger partial charge >= 0.3 is 6.09 Å². The molecule has 0 bridgehead atoms. The first-order valence-electron chi connectivity index (χ1n) is 11.1. The van der Waals surface area contributed by atoms with Crippen LogP contribution < -0.4 is 4.74 Å². The Morgan fingerprint density at radius 2 is 1.97 bits per heavy atom. The summed E-state index contributed by atoms with van der Waals surface area (Å²) in [6.45, 7) is 1.10. The van der Waals surface area contributed by atoms with Crippen LogP contribution in [0.1, 0.15) is 36.7 Å². The predicted octanol–water partition coefficient (Wildman–Crippen LogP) is 5.84. The van der Waals surface area contributed by atoms with E-state index in [4.69, 9.17) is 21.1 Å². The minimum Gasteiger partial charge on any atom is -0.494 e. The lowest BCUT2D eigenvalue weighted by molar-refractivity contribution is 0.0837. The maximum absolute atomic E-state index is 12.8. The zero-order chi connectivity index (χ0) is 23.4. The molecule has 34 heavy (non-hydrogen) atoms. The Hall–Kier alpha value is -2.77. The molecule has 8 heteroatoms. The number of benzene rings is 2. The zero-order valence-electron chi connectivity index (χ0n) is 18.9. The number of nitrogens with zero attached hydrogens (tertiary/aromatic N) is 2. The van der Waals surface area contributed by atoms with Gasteiger partial charge in [0, 0.05) is 34.7 Å². The van der Waals surface area contributed by atoms with Crippen LogP contribution in [-0.4, -0.2) is 68.0 Å². The number of ether oxygens (including phenoxy) is 2. The van der Waals surface area contributed by atoms with Gasteiger partial charge in [0.2, 0.25) is 0 Å². The van der Waals surface area contributed by atoms with E-state index in [0.29, 0.717) is 24.6 Å². The van der Waals surface area contributed by atoms with Gasteiger partial charge in [-0.3, -0.25) is 4.90 Å². The number of H-pyrrole nitrogens is 1. The van der Waals surface area contributed by atoms with Gasteiger partial charge in [0.05, 0.1) is 6.61 Å². The monoisotopic (exact) mass is 489 g/mol. The maximum Gasteiger partial charge on any atom is 0.410 e. The second-order valence-electron chi connectivity index (χ2n) is 8.43. The summed E-state index contributed by atoms with van der Waals surface area (Å²) in [5.74, 6) is 0.781. The Balaban J connectivity index is 0.00000324. The van der Waals surface area contributed by atoms with E-state index < -0.39 is 12.8 Å². The van der Waals surface area contributed by atoms with Crippen molar-refractivity contribution >= 4 is 28.6 Å². The van der Waals surface area contributed by atoms with Crippen LogP contribution in [0.3, 0.4) is 0 Å². The highest BCUT2D eigenvalue weighted by Gasteiger charge is 2.35. The molecule has 0 saturated heterocycles. The second-order valence-corrected chi connectivity index (χ2v) is 8.87. The first kappa shape index (κ1) is 25.8. The number of carbonyl (C=O) groups is 1. The molecule has 0 fully saturated rings. The minimum absolute atomic E-state index is 0. The maximum atomic E-state index is 12.8. The normalized spacial score (nSPS) is 15.2. The Labute approximate surface area is 205 Å². The third-order valence-corrected chi connectivity index (χ3v) is 6.08. The van der Waals surface area contributed by atoms with Gasteiger partial charge in [-0.1, -0.05) is 31.2 Å². The molecule has 1 aliphatic heterocycles. The molecular formula is C26H33ClFN3O3. The van der Waals surface area contributed by atoms with E-state index >= 15 is 0 Å². The number of hydrogen-bond acceptors (Lipinski definition) is 4. The second kappa shape index (κ2) is 11.6. The largest absolute Gasteiger partial charge is 0.494 e. The van der Waals surface area contributed by atoms with Crippen molar-refractivity contribution in [2.75, 3.05) is 47.1 Å². The van der Waals surface area contributed by atoms with E-state index in [1.165, 1.54) is 0 Å². The molecule has 0 spiro atoms. The molecule has 3 aromatic rings. The summed E-state index contributed by atoms with van der Waals surface area (Å²) < 4.78 is 23.7. The molecular weight excluding hydrogens is 457 g/mol. The number of amides is 1. The van der Waals surface area contributed by atoms with E-state index in [9.17, 15) is 9.18 Å². The molecule has 0 aliphatic carbocycles. The van der Waals surface area contributed by atoms with E-state index in [1.54, 1.807) is 4.90 Å². The van der Waals surface area contributed by atoms with Crippen molar-refractivity contribution in [3.05, 3.63) is 64.3 Å². The fourth-order valence-corrected chi connectivity index (χ4v) is 4.50. The Morgan fingerprint density at radius 3 is 2.68 bits per heavy atom. The number of aromatic nitrogens is 1. The van der Waals surface area contributed by atoms with Crippen molar-refractivity contribution < 1.29 is 18.7 Å². The molecule has 1 N–H and O–H groups in total. The van der Waals surface area contributed by atoms with Gasteiger partial charge in [0.15, 0.2) is 0 Å². The lowest BCUT2D eigenvalue weighted by atomic mass is 9.92. The Morgan fingerprint density at radius 1 is 1.21 bits per heavy atom. The highest BCUT2D eigenvalue weighted by atomic mass is 35.5. The van der Waals surface area contributed by atoms with Gasteiger partial charge < -0.3 is 19.4 Å². The fourth-order valence-electron chi connectivity index (χ4n) is 4.33. The number of carbonyl (C=O) groups excluding carboxylic acids is 1. The van der Waals surface area contributed by atoms with E-state index in [2.05, 4.69) is 9.88 Å². The number of rotatable bonds is 8. The Kier molecular flexibility index (Phi) is 8.80. The van der Waals surface area contributed by atoms with Crippen molar-refractivity contribution in [3.63, 3.8) is 0 Å². The molecule has 1 amide bonds.